The van der Waals surface area contributed by atoms with Crippen LogP contribution in [0.5, 0.6) is 0 Å². The SMILES string of the molecule is CCN1C=CC(O)c2cc(F)c(N3CCN(C)CC3)c(F)c21. The van der Waals surface area contributed by atoms with Crippen molar-refractivity contribution in [3.8, 4) is 0 Å². The first-order chi connectivity index (χ1) is 10.5. The van der Waals surface area contributed by atoms with Crippen molar-refractivity contribution in [3.63, 3.8) is 0 Å². The summed E-state index contributed by atoms with van der Waals surface area (Å²) in [7, 11) is 2.00. The van der Waals surface area contributed by atoms with Gasteiger partial charge >= 0.3 is 0 Å². The van der Waals surface area contributed by atoms with E-state index in [0.29, 0.717) is 19.6 Å². The van der Waals surface area contributed by atoms with Gasteiger partial charge in [0.05, 0.1) is 5.69 Å². The van der Waals surface area contributed by atoms with Crippen LogP contribution in [-0.2, 0) is 0 Å². The third-order valence-corrected chi connectivity index (χ3v) is 4.41. The first-order valence-corrected chi connectivity index (χ1v) is 7.61. The monoisotopic (exact) mass is 309 g/mol. The summed E-state index contributed by atoms with van der Waals surface area (Å²) < 4.78 is 29.5. The average molecular weight is 309 g/mol. The van der Waals surface area contributed by atoms with Gasteiger partial charge in [0.25, 0.3) is 0 Å². The predicted octanol–water partition coefficient (Wildman–Crippen LogP) is 2.10. The molecule has 22 heavy (non-hydrogen) atoms. The van der Waals surface area contributed by atoms with Crippen molar-refractivity contribution < 1.29 is 13.9 Å². The molecule has 0 aliphatic carbocycles. The first kappa shape index (κ1) is 15.2. The largest absolute Gasteiger partial charge is 0.384 e. The van der Waals surface area contributed by atoms with Crippen molar-refractivity contribution >= 4 is 11.4 Å². The molecular formula is C16H21F2N3O. The van der Waals surface area contributed by atoms with Gasteiger partial charge in [0, 0.05) is 44.5 Å². The molecule has 2 aliphatic heterocycles. The third kappa shape index (κ3) is 2.46. The molecule has 0 bridgehead atoms. The number of nitrogens with zero attached hydrogens (tertiary/aromatic N) is 3. The molecule has 1 saturated heterocycles. The van der Waals surface area contributed by atoms with E-state index in [1.54, 1.807) is 22.1 Å². The zero-order valence-corrected chi connectivity index (χ0v) is 12.9. The van der Waals surface area contributed by atoms with Crippen molar-refractivity contribution in [2.45, 2.75) is 13.0 Å². The van der Waals surface area contributed by atoms with Crippen LogP contribution in [0, 0.1) is 11.6 Å². The lowest BCUT2D eigenvalue weighted by atomic mass is 10.0. The maximum absolute atomic E-state index is 15.0. The summed E-state index contributed by atoms with van der Waals surface area (Å²) in [6.45, 7) is 5.18. The Bertz CT molecular complexity index is 598. The molecule has 0 aromatic heterocycles. The van der Waals surface area contributed by atoms with Crippen LogP contribution >= 0.6 is 0 Å². The topological polar surface area (TPSA) is 30.0 Å². The number of hydrogen-bond donors (Lipinski definition) is 1. The Morgan fingerprint density at radius 1 is 1.18 bits per heavy atom. The van der Waals surface area contributed by atoms with Crippen molar-refractivity contribution in [1.82, 2.24) is 4.90 Å². The lowest BCUT2D eigenvalue weighted by molar-refractivity contribution is 0.225. The van der Waals surface area contributed by atoms with Gasteiger partial charge in [-0.15, -0.1) is 0 Å². The fraction of sp³-hybridized carbons (Fsp3) is 0.500. The quantitative estimate of drug-likeness (QED) is 0.906. The normalized spacial score (nSPS) is 22.1. The number of halogens is 2. The number of fused-ring (bicyclic) bond motifs is 1. The van der Waals surface area contributed by atoms with Crippen molar-refractivity contribution in [2.24, 2.45) is 0 Å². The summed E-state index contributed by atoms with van der Waals surface area (Å²) in [5, 5.41) is 9.99. The van der Waals surface area contributed by atoms with Gasteiger partial charge in [-0.05, 0) is 26.1 Å². The van der Waals surface area contributed by atoms with Gasteiger partial charge in [0.1, 0.15) is 17.6 Å². The zero-order chi connectivity index (χ0) is 15.9. The fourth-order valence-corrected chi connectivity index (χ4v) is 3.08. The van der Waals surface area contributed by atoms with Crippen molar-refractivity contribution in [2.75, 3.05) is 49.6 Å². The molecule has 1 atom stereocenters. The number of aliphatic hydroxyl groups excluding tert-OH is 1. The molecule has 0 radical (unpaired) electrons. The Balaban J connectivity index is 2.06. The summed E-state index contributed by atoms with van der Waals surface area (Å²) >= 11 is 0. The summed E-state index contributed by atoms with van der Waals surface area (Å²) in [5.74, 6) is -1.18. The van der Waals surface area contributed by atoms with E-state index >= 15 is 4.39 Å². The Hall–Kier alpha value is -1.66. The van der Waals surface area contributed by atoms with Crippen LogP contribution in [0.25, 0.3) is 0 Å². The van der Waals surface area contributed by atoms with Crippen LogP contribution in [0.1, 0.15) is 18.6 Å². The number of rotatable bonds is 2. The maximum atomic E-state index is 15.0. The third-order valence-electron chi connectivity index (χ3n) is 4.41. The van der Waals surface area contributed by atoms with Crippen molar-refractivity contribution in [1.29, 1.82) is 0 Å². The highest BCUT2D eigenvalue weighted by Gasteiger charge is 2.30. The minimum Gasteiger partial charge on any atom is -0.384 e. The molecule has 0 spiro atoms. The average Bonchev–Trinajstić information content (AvgIpc) is 2.50. The number of benzene rings is 1. The van der Waals surface area contributed by atoms with Crippen LogP contribution < -0.4 is 9.80 Å². The Morgan fingerprint density at radius 2 is 1.86 bits per heavy atom. The lowest BCUT2D eigenvalue weighted by Crippen LogP contribution is -2.45. The Morgan fingerprint density at radius 3 is 2.50 bits per heavy atom. The summed E-state index contributed by atoms with van der Waals surface area (Å²) in [5.41, 5.74) is 0.595. The van der Waals surface area contributed by atoms with E-state index in [9.17, 15) is 9.50 Å². The molecule has 0 saturated carbocycles. The van der Waals surface area contributed by atoms with E-state index in [2.05, 4.69) is 4.90 Å². The van der Waals surface area contributed by atoms with Gasteiger partial charge in [0.15, 0.2) is 5.82 Å². The highest BCUT2D eigenvalue weighted by molar-refractivity contribution is 5.69. The lowest BCUT2D eigenvalue weighted by Gasteiger charge is -2.36. The van der Waals surface area contributed by atoms with Crippen LogP contribution in [0.3, 0.4) is 0 Å². The Kier molecular flexibility index (Phi) is 4.06. The van der Waals surface area contributed by atoms with Gasteiger partial charge in [-0.25, -0.2) is 8.78 Å². The number of hydrogen-bond acceptors (Lipinski definition) is 4. The van der Waals surface area contributed by atoms with E-state index in [1.165, 1.54) is 6.07 Å². The van der Waals surface area contributed by atoms with E-state index in [-0.39, 0.29) is 16.9 Å². The number of piperazine rings is 1. The molecular weight excluding hydrogens is 288 g/mol. The van der Waals surface area contributed by atoms with Crippen LogP contribution in [0.15, 0.2) is 18.3 Å². The molecule has 1 fully saturated rings. The zero-order valence-electron chi connectivity index (χ0n) is 12.9. The second-order valence-corrected chi connectivity index (χ2v) is 5.82. The molecule has 1 aromatic rings. The molecule has 4 nitrogen and oxygen atoms in total. The van der Waals surface area contributed by atoms with E-state index in [4.69, 9.17) is 0 Å². The standard InChI is InChI=1S/C16H21F2N3O/c1-3-20-5-4-13(22)11-10-12(17)16(14(18)15(11)20)21-8-6-19(2)7-9-21/h4-5,10,13,22H,3,6-9H2,1-2H3. The van der Waals surface area contributed by atoms with Gasteiger partial charge in [-0.1, -0.05) is 0 Å². The van der Waals surface area contributed by atoms with Crippen LogP contribution in [0.4, 0.5) is 20.2 Å². The first-order valence-electron chi connectivity index (χ1n) is 7.61. The van der Waals surface area contributed by atoms with Gasteiger partial charge in [-0.2, -0.15) is 0 Å². The maximum Gasteiger partial charge on any atom is 0.173 e. The van der Waals surface area contributed by atoms with Gasteiger partial charge in [-0.3, -0.25) is 0 Å². The van der Waals surface area contributed by atoms with Gasteiger partial charge in [0.2, 0.25) is 0 Å². The second-order valence-electron chi connectivity index (χ2n) is 5.82. The molecule has 1 N–H and O–H groups in total. The van der Waals surface area contributed by atoms with Crippen LogP contribution in [0.2, 0.25) is 0 Å². The number of aliphatic hydroxyl groups is 1. The summed E-state index contributed by atoms with van der Waals surface area (Å²) in [6, 6.07) is 1.27. The smallest absolute Gasteiger partial charge is 0.173 e. The predicted molar refractivity (Wildman–Crippen MR) is 83.2 cm³/mol. The molecule has 2 heterocycles. The van der Waals surface area contributed by atoms with E-state index in [0.717, 1.165) is 13.1 Å². The molecule has 120 valence electrons. The number of anilines is 2. The summed E-state index contributed by atoms with van der Waals surface area (Å²) in [6.07, 6.45) is 2.23. The van der Waals surface area contributed by atoms with Crippen molar-refractivity contribution in [3.05, 3.63) is 35.5 Å². The fourth-order valence-electron chi connectivity index (χ4n) is 3.08. The molecule has 1 aromatic carbocycles. The minimum atomic E-state index is -0.969. The molecule has 2 aliphatic rings. The summed E-state index contributed by atoms with van der Waals surface area (Å²) in [4.78, 5) is 5.59. The molecule has 1 unspecified atom stereocenters. The molecule has 0 amide bonds. The molecule has 6 heteroatoms. The molecule has 3 rings (SSSR count). The highest BCUT2D eigenvalue weighted by Crippen LogP contribution is 2.40. The minimum absolute atomic E-state index is 0.0211. The number of likely N-dealkylation sites (N-methyl/N-ethyl adjacent to an activating group) is 1. The van der Waals surface area contributed by atoms with Gasteiger partial charge < -0.3 is 19.8 Å². The van der Waals surface area contributed by atoms with E-state index in [1.807, 2.05) is 14.0 Å². The highest BCUT2D eigenvalue weighted by atomic mass is 19.1. The Labute approximate surface area is 129 Å². The van der Waals surface area contributed by atoms with E-state index < -0.39 is 17.7 Å². The second kappa shape index (κ2) is 5.85. The van der Waals surface area contributed by atoms with Crippen LogP contribution in [-0.4, -0.2) is 49.8 Å².